The molecule has 0 aliphatic rings. The number of furan rings is 1. The van der Waals surface area contributed by atoms with E-state index in [0.29, 0.717) is 0 Å². The number of nitrogens with zero attached hydrogens (tertiary/aromatic N) is 1. The molecule has 0 unspecified atom stereocenters. The van der Waals surface area contributed by atoms with Gasteiger partial charge in [-0.25, -0.2) is 0 Å². The van der Waals surface area contributed by atoms with Crippen LogP contribution in [0.25, 0.3) is 21.9 Å². The highest BCUT2D eigenvalue weighted by atomic mass is 79.9. The molecule has 4 aromatic carbocycles. The number of anilines is 3. The predicted octanol–water partition coefficient (Wildman–Crippen LogP) is 8.58. The second kappa shape index (κ2) is 7.12. The Hall–Kier alpha value is -2.56. The van der Waals surface area contributed by atoms with Crippen LogP contribution in [-0.4, -0.2) is 0 Å². The highest BCUT2D eigenvalue weighted by molar-refractivity contribution is 9.11. The van der Waals surface area contributed by atoms with Gasteiger partial charge in [-0.15, -0.1) is 0 Å². The summed E-state index contributed by atoms with van der Waals surface area (Å²) in [5, 5.41) is 2.22. The largest absolute Gasteiger partial charge is 0.456 e. The Bertz CT molecular complexity index is 1270. The Morgan fingerprint density at radius 1 is 0.607 bits per heavy atom. The summed E-state index contributed by atoms with van der Waals surface area (Å²) >= 11 is 7.27. The van der Waals surface area contributed by atoms with E-state index in [9.17, 15) is 0 Å². The molecule has 28 heavy (non-hydrogen) atoms. The molecule has 0 atom stereocenters. The second-order valence-corrected chi connectivity index (χ2v) is 8.38. The minimum absolute atomic E-state index is 0.883. The molecule has 0 aliphatic heterocycles. The molecule has 0 fully saturated rings. The zero-order chi connectivity index (χ0) is 19.1. The molecule has 5 rings (SSSR count). The fourth-order valence-corrected chi connectivity index (χ4v) is 4.88. The van der Waals surface area contributed by atoms with Crippen molar-refractivity contribution in [3.63, 3.8) is 0 Å². The van der Waals surface area contributed by atoms with Crippen molar-refractivity contribution in [3.8, 4) is 0 Å². The fraction of sp³-hybridized carbons (Fsp3) is 0. The topological polar surface area (TPSA) is 16.4 Å². The zero-order valence-electron chi connectivity index (χ0n) is 14.8. The molecule has 2 nitrogen and oxygen atoms in total. The van der Waals surface area contributed by atoms with Gasteiger partial charge in [-0.05, 0) is 48.5 Å². The lowest BCUT2D eigenvalue weighted by Crippen LogP contribution is -2.10. The van der Waals surface area contributed by atoms with Crippen LogP contribution in [0.1, 0.15) is 0 Å². The molecule has 0 amide bonds. The molecule has 0 bridgehead atoms. The number of hydrogen-bond donors (Lipinski definition) is 0. The molecule has 4 heteroatoms. The third-order valence-electron chi connectivity index (χ3n) is 4.74. The Labute approximate surface area is 179 Å². The maximum absolute atomic E-state index is 6.12. The number of halogens is 2. The Kier molecular flexibility index (Phi) is 4.46. The van der Waals surface area contributed by atoms with Gasteiger partial charge in [0.2, 0.25) is 0 Å². The van der Waals surface area contributed by atoms with Crippen molar-refractivity contribution in [1.29, 1.82) is 0 Å². The first-order valence-corrected chi connectivity index (χ1v) is 10.5. The van der Waals surface area contributed by atoms with Crippen molar-refractivity contribution >= 4 is 70.9 Å². The van der Waals surface area contributed by atoms with Crippen LogP contribution in [0.3, 0.4) is 0 Å². The highest BCUT2D eigenvalue weighted by Crippen LogP contribution is 2.43. The molecule has 0 N–H and O–H groups in total. The van der Waals surface area contributed by atoms with Gasteiger partial charge in [0, 0.05) is 25.7 Å². The zero-order valence-corrected chi connectivity index (χ0v) is 17.9. The van der Waals surface area contributed by atoms with Crippen molar-refractivity contribution in [1.82, 2.24) is 0 Å². The van der Waals surface area contributed by atoms with Crippen LogP contribution in [0.4, 0.5) is 17.1 Å². The van der Waals surface area contributed by atoms with Crippen molar-refractivity contribution in [2.45, 2.75) is 0 Å². The number of hydrogen-bond acceptors (Lipinski definition) is 2. The van der Waals surface area contributed by atoms with E-state index < -0.39 is 0 Å². The predicted molar refractivity (Wildman–Crippen MR) is 124 cm³/mol. The number of benzene rings is 4. The van der Waals surface area contributed by atoms with E-state index >= 15 is 0 Å². The van der Waals surface area contributed by atoms with Gasteiger partial charge in [-0.1, -0.05) is 74.3 Å². The SMILES string of the molecule is Brc1cc(Br)cc(N(c2ccccc2)c2cccc3oc4ccccc4c23)c1. The lowest BCUT2D eigenvalue weighted by molar-refractivity contribution is 0.669. The van der Waals surface area contributed by atoms with Crippen LogP contribution in [0.15, 0.2) is 104 Å². The van der Waals surface area contributed by atoms with E-state index in [1.54, 1.807) is 0 Å². The lowest BCUT2D eigenvalue weighted by atomic mass is 10.1. The molecule has 1 aromatic heterocycles. The first-order chi connectivity index (χ1) is 13.7. The van der Waals surface area contributed by atoms with Gasteiger partial charge < -0.3 is 9.32 Å². The smallest absolute Gasteiger partial charge is 0.137 e. The van der Waals surface area contributed by atoms with E-state index in [0.717, 1.165) is 47.9 Å². The van der Waals surface area contributed by atoms with Crippen molar-refractivity contribution in [3.05, 3.63) is 99.9 Å². The van der Waals surface area contributed by atoms with Gasteiger partial charge in [0.15, 0.2) is 0 Å². The molecule has 1 heterocycles. The second-order valence-electron chi connectivity index (χ2n) is 6.55. The van der Waals surface area contributed by atoms with Gasteiger partial charge in [0.1, 0.15) is 11.2 Å². The lowest BCUT2D eigenvalue weighted by Gasteiger charge is -2.26. The van der Waals surface area contributed by atoms with Crippen LogP contribution in [0.5, 0.6) is 0 Å². The van der Waals surface area contributed by atoms with Gasteiger partial charge >= 0.3 is 0 Å². The monoisotopic (exact) mass is 491 g/mol. The first kappa shape index (κ1) is 17.5. The van der Waals surface area contributed by atoms with E-state index in [1.807, 2.05) is 36.4 Å². The minimum atomic E-state index is 0.883. The number of fused-ring (bicyclic) bond motifs is 3. The Balaban J connectivity index is 1.86. The van der Waals surface area contributed by atoms with Gasteiger partial charge in [0.05, 0.1) is 11.1 Å². The molecular weight excluding hydrogens is 478 g/mol. The summed E-state index contributed by atoms with van der Waals surface area (Å²) in [4.78, 5) is 2.26. The summed E-state index contributed by atoms with van der Waals surface area (Å²) in [6, 6.07) is 31.1. The summed E-state index contributed by atoms with van der Waals surface area (Å²) < 4.78 is 8.15. The molecule has 0 radical (unpaired) electrons. The van der Waals surface area contributed by atoms with Gasteiger partial charge in [0.25, 0.3) is 0 Å². The van der Waals surface area contributed by atoms with Crippen LogP contribution >= 0.6 is 31.9 Å². The standard InChI is InChI=1S/C24H15Br2NO/c25-16-13-17(26)15-19(14-16)27(18-7-2-1-3-8-18)21-10-6-12-23-24(21)20-9-4-5-11-22(20)28-23/h1-15H. The Morgan fingerprint density at radius 2 is 1.29 bits per heavy atom. The van der Waals surface area contributed by atoms with Crippen molar-refractivity contribution in [2.75, 3.05) is 4.90 Å². The summed E-state index contributed by atoms with van der Waals surface area (Å²) in [5.41, 5.74) is 5.01. The quantitative estimate of drug-likeness (QED) is 0.250. The number of rotatable bonds is 3. The summed E-state index contributed by atoms with van der Waals surface area (Å²) in [7, 11) is 0. The molecule has 5 aromatic rings. The molecule has 0 aliphatic carbocycles. The summed E-state index contributed by atoms with van der Waals surface area (Å²) in [6.45, 7) is 0. The van der Waals surface area contributed by atoms with Crippen molar-refractivity contribution in [2.24, 2.45) is 0 Å². The van der Waals surface area contributed by atoms with E-state index in [-0.39, 0.29) is 0 Å². The maximum atomic E-state index is 6.12. The molecule has 0 saturated carbocycles. The van der Waals surface area contributed by atoms with Gasteiger partial charge in [-0.3, -0.25) is 0 Å². The van der Waals surface area contributed by atoms with Gasteiger partial charge in [-0.2, -0.15) is 0 Å². The van der Waals surface area contributed by atoms with Crippen LogP contribution < -0.4 is 4.90 Å². The molecule has 0 saturated heterocycles. The minimum Gasteiger partial charge on any atom is -0.456 e. The van der Waals surface area contributed by atoms with E-state index in [1.165, 1.54) is 0 Å². The number of para-hydroxylation sites is 2. The average Bonchev–Trinajstić information content (AvgIpc) is 3.08. The third kappa shape index (κ3) is 3.03. The first-order valence-electron chi connectivity index (χ1n) is 8.92. The average molecular weight is 493 g/mol. The maximum Gasteiger partial charge on any atom is 0.137 e. The Morgan fingerprint density at radius 3 is 2.07 bits per heavy atom. The molecule has 136 valence electrons. The van der Waals surface area contributed by atoms with Crippen molar-refractivity contribution < 1.29 is 4.42 Å². The summed E-state index contributed by atoms with van der Waals surface area (Å²) in [6.07, 6.45) is 0. The highest BCUT2D eigenvalue weighted by Gasteiger charge is 2.19. The van der Waals surface area contributed by atoms with E-state index in [2.05, 4.69) is 91.4 Å². The molecule has 0 spiro atoms. The van der Waals surface area contributed by atoms with Crippen LogP contribution in [0, 0.1) is 0 Å². The van der Waals surface area contributed by atoms with E-state index in [4.69, 9.17) is 4.42 Å². The normalized spacial score (nSPS) is 11.2. The molecular formula is C24H15Br2NO. The van der Waals surface area contributed by atoms with Crippen LogP contribution in [-0.2, 0) is 0 Å². The fourth-order valence-electron chi connectivity index (χ4n) is 3.61. The third-order valence-corrected chi connectivity index (χ3v) is 5.66. The summed E-state index contributed by atoms with van der Waals surface area (Å²) in [5.74, 6) is 0. The van der Waals surface area contributed by atoms with Crippen LogP contribution in [0.2, 0.25) is 0 Å².